The summed E-state index contributed by atoms with van der Waals surface area (Å²) in [6.07, 6.45) is 2.08. The standard InChI is InChI=1S/C19H28ClN3O2/c1-14-12-23(17-7-9-22(10-8-17)19(24)25)18(13-21(14)2)11-15-3-5-16(20)6-4-15/h3-6,14,17-18H,7-13H2,1-2H3,(H,24,25)/t14-,18-/m0/s1. The molecule has 0 unspecified atom stereocenters. The van der Waals surface area contributed by atoms with Gasteiger partial charge in [0.25, 0.3) is 0 Å². The van der Waals surface area contributed by atoms with E-state index in [0.717, 1.165) is 37.4 Å². The Balaban J connectivity index is 1.70. The van der Waals surface area contributed by atoms with Gasteiger partial charge in [-0.2, -0.15) is 0 Å². The molecule has 2 fully saturated rings. The first-order valence-corrected chi connectivity index (χ1v) is 9.50. The number of likely N-dealkylation sites (tertiary alicyclic amines) is 1. The van der Waals surface area contributed by atoms with Gasteiger partial charge in [0.2, 0.25) is 0 Å². The van der Waals surface area contributed by atoms with Crippen LogP contribution in [0.5, 0.6) is 0 Å². The predicted molar refractivity (Wildman–Crippen MR) is 100 cm³/mol. The van der Waals surface area contributed by atoms with Gasteiger partial charge in [0.1, 0.15) is 0 Å². The van der Waals surface area contributed by atoms with Gasteiger partial charge in [-0.05, 0) is 50.9 Å². The van der Waals surface area contributed by atoms with Crippen LogP contribution in [-0.4, -0.2) is 77.3 Å². The first kappa shape index (κ1) is 18.5. The second-order valence-electron chi connectivity index (χ2n) is 7.47. The normalized spacial score (nSPS) is 26.8. The Morgan fingerprint density at radius 1 is 1.20 bits per heavy atom. The Morgan fingerprint density at radius 2 is 1.84 bits per heavy atom. The molecule has 2 saturated heterocycles. The van der Waals surface area contributed by atoms with E-state index in [0.29, 0.717) is 31.2 Å². The van der Waals surface area contributed by atoms with Crippen LogP contribution in [0.2, 0.25) is 5.02 Å². The average molecular weight is 366 g/mol. The monoisotopic (exact) mass is 365 g/mol. The fourth-order valence-corrected chi connectivity index (χ4v) is 4.25. The molecule has 6 heteroatoms. The van der Waals surface area contributed by atoms with E-state index in [4.69, 9.17) is 11.6 Å². The number of carbonyl (C=O) groups is 1. The maximum atomic E-state index is 11.2. The Morgan fingerprint density at radius 3 is 2.44 bits per heavy atom. The zero-order chi connectivity index (χ0) is 18.0. The van der Waals surface area contributed by atoms with E-state index < -0.39 is 6.09 Å². The van der Waals surface area contributed by atoms with E-state index in [1.165, 1.54) is 5.56 Å². The third kappa shape index (κ3) is 4.46. The van der Waals surface area contributed by atoms with Crippen molar-refractivity contribution in [2.45, 2.75) is 44.3 Å². The molecule has 0 aromatic heterocycles. The van der Waals surface area contributed by atoms with Crippen molar-refractivity contribution in [2.24, 2.45) is 0 Å². The molecule has 2 aliphatic heterocycles. The number of carboxylic acid groups (broad SMARTS) is 1. The zero-order valence-electron chi connectivity index (χ0n) is 15.1. The fourth-order valence-electron chi connectivity index (χ4n) is 4.12. The minimum Gasteiger partial charge on any atom is -0.465 e. The number of rotatable bonds is 3. The number of piperidine rings is 1. The Hall–Kier alpha value is -1.30. The summed E-state index contributed by atoms with van der Waals surface area (Å²) in [6, 6.07) is 9.62. The van der Waals surface area contributed by atoms with E-state index in [2.05, 4.69) is 35.9 Å². The maximum Gasteiger partial charge on any atom is 0.407 e. The Kier molecular flexibility index (Phi) is 5.87. The van der Waals surface area contributed by atoms with E-state index in [1.54, 1.807) is 4.90 Å². The molecule has 138 valence electrons. The highest BCUT2D eigenvalue weighted by molar-refractivity contribution is 6.30. The molecule has 1 N–H and O–H groups in total. The first-order valence-electron chi connectivity index (χ1n) is 9.12. The minimum atomic E-state index is -0.789. The highest BCUT2D eigenvalue weighted by Gasteiger charge is 2.36. The lowest BCUT2D eigenvalue weighted by molar-refractivity contribution is 0.000507. The van der Waals surface area contributed by atoms with E-state index >= 15 is 0 Å². The van der Waals surface area contributed by atoms with Crippen molar-refractivity contribution in [3.63, 3.8) is 0 Å². The molecule has 25 heavy (non-hydrogen) atoms. The highest BCUT2D eigenvalue weighted by atomic mass is 35.5. The third-order valence-corrected chi connectivity index (χ3v) is 6.04. The van der Waals surface area contributed by atoms with Crippen LogP contribution < -0.4 is 0 Å². The Labute approximate surface area is 155 Å². The molecular weight excluding hydrogens is 338 g/mol. The number of halogens is 1. The van der Waals surface area contributed by atoms with Gasteiger partial charge in [0.05, 0.1) is 0 Å². The summed E-state index contributed by atoms with van der Waals surface area (Å²) in [5.74, 6) is 0. The van der Waals surface area contributed by atoms with Gasteiger partial charge in [-0.15, -0.1) is 0 Å². The number of hydrogen-bond acceptors (Lipinski definition) is 3. The molecule has 0 saturated carbocycles. The van der Waals surface area contributed by atoms with E-state index in [9.17, 15) is 9.90 Å². The van der Waals surface area contributed by atoms with Gasteiger partial charge < -0.3 is 14.9 Å². The quantitative estimate of drug-likeness (QED) is 0.894. The summed E-state index contributed by atoms with van der Waals surface area (Å²) in [6.45, 7) is 5.66. The van der Waals surface area contributed by atoms with Crippen LogP contribution in [0.25, 0.3) is 0 Å². The number of likely N-dealkylation sites (N-methyl/N-ethyl adjacent to an activating group) is 1. The summed E-state index contributed by atoms with van der Waals surface area (Å²) >= 11 is 6.02. The lowest BCUT2D eigenvalue weighted by atomic mass is 9.94. The van der Waals surface area contributed by atoms with Crippen LogP contribution in [0.1, 0.15) is 25.3 Å². The van der Waals surface area contributed by atoms with Gasteiger partial charge >= 0.3 is 6.09 Å². The second kappa shape index (κ2) is 7.94. The van der Waals surface area contributed by atoms with Crippen molar-refractivity contribution in [1.82, 2.24) is 14.7 Å². The summed E-state index contributed by atoms with van der Waals surface area (Å²) in [5, 5.41) is 9.95. The van der Waals surface area contributed by atoms with Gasteiger partial charge in [0, 0.05) is 49.3 Å². The number of amides is 1. The summed E-state index contributed by atoms with van der Waals surface area (Å²) < 4.78 is 0. The molecular formula is C19H28ClN3O2. The summed E-state index contributed by atoms with van der Waals surface area (Å²) in [4.78, 5) is 17.8. The number of piperazine rings is 1. The maximum absolute atomic E-state index is 11.2. The van der Waals surface area contributed by atoms with Gasteiger partial charge in [-0.3, -0.25) is 4.90 Å². The molecule has 2 atom stereocenters. The Bertz CT molecular complexity index is 587. The van der Waals surface area contributed by atoms with E-state index in [1.807, 2.05) is 12.1 Å². The zero-order valence-corrected chi connectivity index (χ0v) is 15.8. The smallest absolute Gasteiger partial charge is 0.407 e. The molecule has 1 amide bonds. The highest BCUT2D eigenvalue weighted by Crippen LogP contribution is 2.26. The summed E-state index contributed by atoms with van der Waals surface area (Å²) in [5.41, 5.74) is 1.31. The van der Waals surface area contributed by atoms with Crippen molar-refractivity contribution in [2.75, 3.05) is 33.2 Å². The largest absolute Gasteiger partial charge is 0.465 e. The van der Waals surface area contributed by atoms with Crippen LogP contribution in [0, 0.1) is 0 Å². The van der Waals surface area contributed by atoms with Crippen molar-refractivity contribution in [1.29, 1.82) is 0 Å². The molecule has 0 spiro atoms. The molecule has 2 aliphatic rings. The van der Waals surface area contributed by atoms with Gasteiger partial charge in [-0.25, -0.2) is 4.79 Å². The molecule has 1 aromatic carbocycles. The van der Waals surface area contributed by atoms with Crippen LogP contribution in [0.4, 0.5) is 4.79 Å². The fraction of sp³-hybridized carbons (Fsp3) is 0.632. The van der Waals surface area contributed by atoms with E-state index in [-0.39, 0.29) is 0 Å². The molecule has 5 nitrogen and oxygen atoms in total. The second-order valence-corrected chi connectivity index (χ2v) is 7.91. The molecule has 0 bridgehead atoms. The van der Waals surface area contributed by atoms with Crippen molar-refractivity contribution in [3.8, 4) is 0 Å². The number of benzene rings is 1. The topological polar surface area (TPSA) is 47.0 Å². The lowest BCUT2D eigenvalue weighted by Gasteiger charge is -2.49. The predicted octanol–water partition coefficient (Wildman–Crippen LogP) is 3.03. The lowest BCUT2D eigenvalue weighted by Crippen LogP contribution is -2.61. The molecule has 0 radical (unpaired) electrons. The number of nitrogens with zero attached hydrogens (tertiary/aromatic N) is 3. The molecule has 0 aliphatic carbocycles. The van der Waals surface area contributed by atoms with Gasteiger partial charge in [0.15, 0.2) is 0 Å². The molecule has 1 aromatic rings. The van der Waals surface area contributed by atoms with Crippen molar-refractivity contribution < 1.29 is 9.90 Å². The van der Waals surface area contributed by atoms with Crippen LogP contribution in [-0.2, 0) is 6.42 Å². The third-order valence-electron chi connectivity index (χ3n) is 5.78. The number of hydrogen-bond donors (Lipinski definition) is 1. The average Bonchev–Trinajstić information content (AvgIpc) is 2.60. The van der Waals surface area contributed by atoms with Crippen LogP contribution >= 0.6 is 11.6 Å². The van der Waals surface area contributed by atoms with Crippen molar-refractivity contribution >= 4 is 17.7 Å². The minimum absolute atomic E-state index is 0.462. The van der Waals surface area contributed by atoms with Crippen molar-refractivity contribution in [3.05, 3.63) is 34.9 Å². The SMILES string of the molecule is C[C@H]1CN(C2CCN(C(=O)O)CC2)[C@@H](Cc2ccc(Cl)cc2)CN1C. The van der Waals surface area contributed by atoms with Crippen LogP contribution in [0.3, 0.4) is 0 Å². The first-order chi connectivity index (χ1) is 11.9. The molecule has 3 rings (SSSR count). The van der Waals surface area contributed by atoms with Gasteiger partial charge in [-0.1, -0.05) is 23.7 Å². The molecule has 2 heterocycles. The van der Waals surface area contributed by atoms with Crippen LogP contribution in [0.15, 0.2) is 24.3 Å². The summed E-state index contributed by atoms with van der Waals surface area (Å²) in [7, 11) is 2.20.